The molecule has 0 aliphatic rings. The van der Waals surface area contributed by atoms with Gasteiger partial charge in [0.1, 0.15) is 16.9 Å². The van der Waals surface area contributed by atoms with Crippen LogP contribution in [0.4, 0.5) is 21.0 Å². The highest BCUT2D eigenvalue weighted by Crippen LogP contribution is 2.34. The predicted octanol–water partition coefficient (Wildman–Crippen LogP) is 4.19. The molecule has 11 nitrogen and oxygen atoms in total. The molecular weight excluding hydrogens is 444 g/mol. The van der Waals surface area contributed by atoms with Crippen LogP contribution in [-0.4, -0.2) is 52.3 Å². The number of carbonyl (C=O) groups is 4. The fraction of sp³-hybridized carbons (Fsp3) is 0.391. The van der Waals surface area contributed by atoms with Gasteiger partial charge >= 0.3 is 18.2 Å². The lowest BCUT2D eigenvalue weighted by atomic mass is 10.1. The number of nitrogens with one attached hydrogen (secondary N) is 1. The number of aromatic nitrogens is 2. The summed E-state index contributed by atoms with van der Waals surface area (Å²) in [7, 11) is 1.14. The predicted molar refractivity (Wildman–Crippen MR) is 123 cm³/mol. The number of methoxy groups -OCH3 is 1. The molecule has 0 atom stereocenters. The van der Waals surface area contributed by atoms with Gasteiger partial charge < -0.3 is 19.5 Å². The molecule has 11 heteroatoms. The van der Waals surface area contributed by atoms with Crippen LogP contribution in [0, 0.1) is 0 Å². The highest BCUT2D eigenvalue weighted by molar-refractivity contribution is 6.18. The average Bonchev–Trinajstić information content (AvgIpc) is 2.72. The molecule has 0 bridgehead atoms. The molecule has 2 aromatic rings. The third-order valence-electron chi connectivity index (χ3n) is 3.86. The summed E-state index contributed by atoms with van der Waals surface area (Å²) in [5, 5.41) is 2.56. The van der Waals surface area contributed by atoms with E-state index in [-0.39, 0.29) is 22.6 Å². The number of esters is 1. The first kappa shape index (κ1) is 26.2. The van der Waals surface area contributed by atoms with Crippen molar-refractivity contribution in [1.82, 2.24) is 9.97 Å². The third-order valence-corrected chi connectivity index (χ3v) is 3.86. The number of ether oxygens (including phenoxy) is 3. The molecule has 1 heterocycles. The van der Waals surface area contributed by atoms with Gasteiger partial charge in [0.15, 0.2) is 0 Å². The van der Waals surface area contributed by atoms with Crippen molar-refractivity contribution >= 4 is 35.4 Å². The molecule has 2 rings (SSSR count). The number of para-hydroxylation sites is 1. The molecule has 1 N–H and O–H groups in total. The van der Waals surface area contributed by atoms with E-state index in [0.717, 1.165) is 7.11 Å². The lowest BCUT2D eigenvalue weighted by Gasteiger charge is -2.30. The van der Waals surface area contributed by atoms with Crippen LogP contribution in [0.3, 0.4) is 0 Å². The smallest absolute Gasteiger partial charge is 0.424 e. The fourth-order valence-electron chi connectivity index (χ4n) is 2.63. The van der Waals surface area contributed by atoms with Crippen LogP contribution in [0.2, 0.25) is 0 Å². The highest BCUT2D eigenvalue weighted by atomic mass is 16.6. The molecule has 0 aliphatic carbocycles. The first-order valence-corrected chi connectivity index (χ1v) is 10.3. The maximum absolute atomic E-state index is 13.2. The zero-order valence-electron chi connectivity index (χ0n) is 20.2. The van der Waals surface area contributed by atoms with Crippen molar-refractivity contribution in [3.63, 3.8) is 0 Å². The maximum atomic E-state index is 13.2. The number of carbonyl (C=O) groups excluding carboxylic acids is 4. The minimum absolute atomic E-state index is 0.0296. The van der Waals surface area contributed by atoms with Crippen LogP contribution in [0.5, 0.6) is 0 Å². The van der Waals surface area contributed by atoms with Crippen LogP contribution in [0.25, 0.3) is 0 Å². The van der Waals surface area contributed by atoms with E-state index in [0.29, 0.717) is 4.90 Å². The molecule has 0 saturated heterocycles. The van der Waals surface area contributed by atoms with E-state index in [9.17, 15) is 19.2 Å². The van der Waals surface area contributed by atoms with Crippen molar-refractivity contribution in [2.75, 3.05) is 17.3 Å². The normalized spacial score (nSPS) is 11.3. The summed E-state index contributed by atoms with van der Waals surface area (Å²) in [4.78, 5) is 60.0. The maximum Gasteiger partial charge on any atom is 0.424 e. The number of nitrogens with zero attached hydrogens (tertiary/aromatic N) is 3. The molecule has 0 radical (unpaired) electrons. The Morgan fingerprint density at radius 1 is 0.912 bits per heavy atom. The molecular formula is C23H28N4O7. The Labute approximate surface area is 197 Å². The molecule has 3 amide bonds. The average molecular weight is 472 g/mol. The third kappa shape index (κ3) is 6.99. The number of amides is 3. The topological polar surface area (TPSA) is 137 Å². The van der Waals surface area contributed by atoms with Crippen molar-refractivity contribution in [1.29, 1.82) is 0 Å². The minimum Gasteiger partial charge on any atom is -0.465 e. The molecule has 1 aromatic carbocycles. The summed E-state index contributed by atoms with van der Waals surface area (Å²) in [5.41, 5.74) is -2.53. The second kappa shape index (κ2) is 10.3. The molecule has 0 saturated carbocycles. The summed E-state index contributed by atoms with van der Waals surface area (Å²) in [5.74, 6) is -1.55. The van der Waals surface area contributed by atoms with E-state index >= 15 is 0 Å². The quantitative estimate of drug-likeness (QED) is 0.513. The molecule has 0 aliphatic heterocycles. The molecule has 34 heavy (non-hydrogen) atoms. The van der Waals surface area contributed by atoms with E-state index < -0.39 is 35.3 Å². The summed E-state index contributed by atoms with van der Waals surface area (Å²) in [6, 6.07) is 4.18. The van der Waals surface area contributed by atoms with Gasteiger partial charge in [0.2, 0.25) is 0 Å². The second-order valence-electron chi connectivity index (χ2n) is 9.03. The van der Waals surface area contributed by atoms with Gasteiger partial charge in [-0.05, 0) is 53.7 Å². The molecule has 182 valence electrons. The zero-order valence-corrected chi connectivity index (χ0v) is 20.2. The van der Waals surface area contributed by atoms with E-state index in [1.165, 1.54) is 36.8 Å². The molecule has 0 fully saturated rings. The standard InChI is InChI=1S/C23H28N4O7/c1-22(2,3)33-20(30)27(21(31)34-23(4,5)6)17-14(19(29)32-7)9-8-10-15(17)26-18(28)16-13-24-11-12-25-16/h8-13H,1-7H3,(H,26,28). The largest absolute Gasteiger partial charge is 0.465 e. The number of hydrogen-bond donors (Lipinski definition) is 1. The van der Waals surface area contributed by atoms with E-state index in [1.807, 2.05) is 0 Å². The summed E-state index contributed by atoms with van der Waals surface area (Å²) in [6.07, 6.45) is 1.72. The van der Waals surface area contributed by atoms with Crippen molar-refractivity contribution < 1.29 is 33.4 Å². The summed E-state index contributed by atoms with van der Waals surface area (Å²) >= 11 is 0. The summed E-state index contributed by atoms with van der Waals surface area (Å²) in [6.45, 7) is 9.67. The number of rotatable bonds is 4. The van der Waals surface area contributed by atoms with Gasteiger partial charge in [-0.3, -0.25) is 9.78 Å². The number of benzene rings is 1. The van der Waals surface area contributed by atoms with Crippen molar-refractivity contribution in [3.8, 4) is 0 Å². The van der Waals surface area contributed by atoms with Gasteiger partial charge in [-0.25, -0.2) is 19.4 Å². The number of anilines is 2. The van der Waals surface area contributed by atoms with Crippen LogP contribution in [0.1, 0.15) is 62.4 Å². The Bertz CT molecular complexity index is 1040. The van der Waals surface area contributed by atoms with Gasteiger partial charge in [-0.1, -0.05) is 6.07 Å². The Morgan fingerprint density at radius 2 is 1.50 bits per heavy atom. The highest BCUT2D eigenvalue weighted by Gasteiger charge is 2.37. The lowest BCUT2D eigenvalue weighted by Crippen LogP contribution is -2.44. The van der Waals surface area contributed by atoms with E-state index in [1.54, 1.807) is 41.5 Å². The van der Waals surface area contributed by atoms with E-state index in [2.05, 4.69) is 15.3 Å². The Balaban J connectivity index is 2.70. The summed E-state index contributed by atoms with van der Waals surface area (Å²) < 4.78 is 15.6. The Hall–Kier alpha value is -4.02. The molecule has 1 aromatic heterocycles. The number of imide groups is 1. The lowest BCUT2D eigenvalue weighted by molar-refractivity contribution is 0.0430. The van der Waals surface area contributed by atoms with Gasteiger partial charge in [-0.2, -0.15) is 4.90 Å². The first-order chi connectivity index (χ1) is 15.7. The zero-order chi connectivity index (χ0) is 25.7. The Kier molecular flexibility index (Phi) is 7.93. The first-order valence-electron chi connectivity index (χ1n) is 10.3. The molecule has 0 spiro atoms. The second-order valence-corrected chi connectivity index (χ2v) is 9.03. The van der Waals surface area contributed by atoms with Crippen molar-refractivity contribution in [2.24, 2.45) is 0 Å². The van der Waals surface area contributed by atoms with Crippen molar-refractivity contribution in [2.45, 2.75) is 52.7 Å². The van der Waals surface area contributed by atoms with Crippen molar-refractivity contribution in [3.05, 3.63) is 48.0 Å². The van der Waals surface area contributed by atoms with Crippen LogP contribution in [-0.2, 0) is 14.2 Å². The fourth-order valence-corrected chi connectivity index (χ4v) is 2.63. The van der Waals surface area contributed by atoms with Gasteiger partial charge in [0, 0.05) is 12.4 Å². The SMILES string of the molecule is COC(=O)c1cccc(NC(=O)c2cnccn2)c1N(C(=O)OC(C)(C)C)C(=O)OC(C)(C)C. The number of hydrogen-bond acceptors (Lipinski definition) is 9. The monoisotopic (exact) mass is 472 g/mol. The van der Waals surface area contributed by atoms with Gasteiger partial charge in [0.25, 0.3) is 5.91 Å². The molecule has 0 unspecified atom stereocenters. The van der Waals surface area contributed by atoms with Crippen LogP contribution >= 0.6 is 0 Å². The van der Waals surface area contributed by atoms with Gasteiger partial charge in [0.05, 0.1) is 30.2 Å². The van der Waals surface area contributed by atoms with Gasteiger partial charge in [-0.15, -0.1) is 0 Å². The van der Waals surface area contributed by atoms with Crippen LogP contribution in [0.15, 0.2) is 36.8 Å². The van der Waals surface area contributed by atoms with E-state index in [4.69, 9.17) is 14.2 Å². The minimum atomic E-state index is -1.12. The Morgan fingerprint density at radius 3 is 1.97 bits per heavy atom. The van der Waals surface area contributed by atoms with Crippen LogP contribution < -0.4 is 10.2 Å².